The van der Waals surface area contributed by atoms with E-state index in [2.05, 4.69) is 10.6 Å². The normalized spacial score (nSPS) is 17.0. The molecule has 0 saturated heterocycles. The first kappa shape index (κ1) is 16.1. The van der Waals surface area contributed by atoms with Crippen LogP contribution in [0.4, 0.5) is 5.69 Å². The van der Waals surface area contributed by atoms with E-state index in [0.717, 1.165) is 6.42 Å². The average Bonchev–Trinajstić information content (AvgIpc) is 3.25. The van der Waals surface area contributed by atoms with Gasteiger partial charge in [-0.3, -0.25) is 9.59 Å². The van der Waals surface area contributed by atoms with Gasteiger partial charge in [-0.15, -0.1) is 0 Å². The van der Waals surface area contributed by atoms with Crippen molar-refractivity contribution in [2.24, 2.45) is 5.41 Å². The molecule has 1 unspecified atom stereocenters. The third-order valence-corrected chi connectivity index (χ3v) is 4.63. The molecular weight excluding hydrogens is 311 g/mol. The standard InChI is InChI=1S/C15H18Cl2N2O2/c1-3-9(2)18-13(20)15(7-8-15)14(21)19-11-6-4-5-10(16)12(11)17/h4-6,9H,3,7-8H2,1-2H3,(H,18,20)(H,19,21). The fourth-order valence-electron chi connectivity index (χ4n) is 1.99. The number of amides is 2. The van der Waals surface area contributed by atoms with Crippen LogP contribution in [-0.2, 0) is 9.59 Å². The highest BCUT2D eigenvalue weighted by molar-refractivity contribution is 6.44. The molecule has 0 aliphatic heterocycles. The summed E-state index contributed by atoms with van der Waals surface area (Å²) in [6, 6.07) is 5.05. The molecular formula is C15H18Cl2N2O2. The number of carbonyl (C=O) groups excluding carboxylic acids is 2. The second-order valence-corrected chi connectivity index (χ2v) is 6.21. The maximum absolute atomic E-state index is 12.4. The lowest BCUT2D eigenvalue weighted by Gasteiger charge is -2.19. The van der Waals surface area contributed by atoms with Gasteiger partial charge in [-0.2, -0.15) is 0 Å². The number of carbonyl (C=O) groups is 2. The molecule has 2 N–H and O–H groups in total. The van der Waals surface area contributed by atoms with E-state index in [1.54, 1.807) is 18.2 Å². The molecule has 1 aliphatic carbocycles. The van der Waals surface area contributed by atoms with Crippen molar-refractivity contribution in [3.05, 3.63) is 28.2 Å². The second-order valence-electron chi connectivity index (χ2n) is 5.42. The van der Waals surface area contributed by atoms with Crippen molar-refractivity contribution in [2.45, 2.75) is 39.2 Å². The Morgan fingerprint density at radius 1 is 1.29 bits per heavy atom. The number of anilines is 1. The van der Waals surface area contributed by atoms with Crippen molar-refractivity contribution < 1.29 is 9.59 Å². The first-order valence-corrected chi connectivity index (χ1v) is 7.72. The Labute approximate surface area is 134 Å². The fourth-order valence-corrected chi connectivity index (χ4v) is 2.34. The molecule has 1 aliphatic rings. The third kappa shape index (κ3) is 3.33. The van der Waals surface area contributed by atoms with Crippen LogP contribution in [0.2, 0.25) is 10.0 Å². The summed E-state index contributed by atoms with van der Waals surface area (Å²) in [5.41, 5.74) is -0.536. The van der Waals surface area contributed by atoms with Crippen LogP contribution in [0.5, 0.6) is 0 Å². The third-order valence-electron chi connectivity index (χ3n) is 3.81. The minimum absolute atomic E-state index is 0.0533. The van der Waals surface area contributed by atoms with Gasteiger partial charge in [0.05, 0.1) is 15.7 Å². The van der Waals surface area contributed by atoms with E-state index in [0.29, 0.717) is 23.6 Å². The number of benzene rings is 1. The molecule has 0 bridgehead atoms. The zero-order chi connectivity index (χ0) is 15.6. The van der Waals surface area contributed by atoms with Crippen LogP contribution in [-0.4, -0.2) is 17.9 Å². The first-order valence-electron chi connectivity index (χ1n) is 6.97. The van der Waals surface area contributed by atoms with Crippen molar-refractivity contribution >= 4 is 40.7 Å². The maximum Gasteiger partial charge on any atom is 0.240 e. The largest absolute Gasteiger partial charge is 0.353 e. The molecule has 0 aromatic heterocycles. The molecule has 0 radical (unpaired) electrons. The van der Waals surface area contributed by atoms with Gasteiger partial charge in [0.25, 0.3) is 0 Å². The van der Waals surface area contributed by atoms with Gasteiger partial charge in [0.15, 0.2) is 0 Å². The van der Waals surface area contributed by atoms with Gasteiger partial charge in [-0.25, -0.2) is 0 Å². The summed E-state index contributed by atoms with van der Waals surface area (Å²) in [6.07, 6.45) is 1.93. The molecule has 0 spiro atoms. The number of rotatable bonds is 5. The van der Waals surface area contributed by atoms with Gasteiger partial charge < -0.3 is 10.6 Å². The lowest BCUT2D eigenvalue weighted by atomic mass is 10.0. The second kappa shape index (κ2) is 6.24. The smallest absolute Gasteiger partial charge is 0.240 e. The van der Waals surface area contributed by atoms with Gasteiger partial charge in [0.1, 0.15) is 5.41 Å². The van der Waals surface area contributed by atoms with E-state index in [1.807, 2.05) is 13.8 Å². The number of hydrogen-bond acceptors (Lipinski definition) is 2. The molecule has 1 atom stereocenters. The molecule has 1 aromatic rings. The molecule has 21 heavy (non-hydrogen) atoms. The number of nitrogens with one attached hydrogen (secondary N) is 2. The highest BCUT2D eigenvalue weighted by Crippen LogP contribution is 2.47. The Morgan fingerprint density at radius 2 is 1.95 bits per heavy atom. The van der Waals surface area contributed by atoms with Crippen molar-refractivity contribution in [3.8, 4) is 0 Å². The highest BCUT2D eigenvalue weighted by atomic mass is 35.5. The first-order chi connectivity index (χ1) is 9.90. The van der Waals surface area contributed by atoms with E-state index in [-0.39, 0.29) is 22.9 Å². The van der Waals surface area contributed by atoms with Gasteiger partial charge in [-0.1, -0.05) is 36.2 Å². The Bertz CT molecular complexity index is 571. The summed E-state index contributed by atoms with van der Waals surface area (Å²) in [5, 5.41) is 6.22. The van der Waals surface area contributed by atoms with E-state index < -0.39 is 5.41 Å². The molecule has 2 rings (SSSR count). The quantitative estimate of drug-likeness (QED) is 0.811. The van der Waals surface area contributed by atoms with Crippen LogP contribution in [0.1, 0.15) is 33.1 Å². The summed E-state index contributed by atoms with van der Waals surface area (Å²) in [7, 11) is 0. The van der Waals surface area contributed by atoms with Crippen LogP contribution in [0, 0.1) is 5.41 Å². The molecule has 1 aromatic carbocycles. The van der Waals surface area contributed by atoms with Crippen LogP contribution in [0.15, 0.2) is 18.2 Å². The topological polar surface area (TPSA) is 58.2 Å². The average molecular weight is 329 g/mol. The summed E-state index contributed by atoms with van der Waals surface area (Å²) in [4.78, 5) is 24.6. The minimum atomic E-state index is -0.963. The maximum atomic E-state index is 12.4. The molecule has 4 nitrogen and oxygen atoms in total. The van der Waals surface area contributed by atoms with Gasteiger partial charge in [0, 0.05) is 6.04 Å². The highest BCUT2D eigenvalue weighted by Gasteiger charge is 2.56. The summed E-state index contributed by atoms with van der Waals surface area (Å²) in [6.45, 7) is 3.90. The Kier molecular flexibility index (Phi) is 4.79. The molecule has 6 heteroatoms. The van der Waals surface area contributed by atoms with E-state index >= 15 is 0 Å². The lowest BCUT2D eigenvalue weighted by molar-refractivity contribution is -0.134. The van der Waals surface area contributed by atoms with Crippen molar-refractivity contribution in [2.75, 3.05) is 5.32 Å². The lowest BCUT2D eigenvalue weighted by Crippen LogP contribution is -2.43. The van der Waals surface area contributed by atoms with E-state index in [4.69, 9.17) is 23.2 Å². The predicted octanol–water partition coefficient (Wildman–Crippen LogP) is 3.63. The monoisotopic (exact) mass is 328 g/mol. The Hall–Kier alpha value is -1.26. The fraction of sp³-hybridized carbons (Fsp3) is 0.467. The Morgan fingerprint density at radius 3 is 2.52 bits per heavy atom. The van der Waals surface area contributed by atoms with Crippen LogP contribution >= 0.6 is 23.2 Å². The summed E-state index contributed by atoms with van der Waals surface area (Å²) < 4.78 is 0. The van der Waals surface area contributed by atoms with E-state index in [9.17, 15) is 9.59 Å². The van der Waals surface area contributed by atoms with Gasteiger partial charge >= 0.3 is 0 Å². The molecule has 114 valence electrons. The number of halogens is 2. The number of hydrogen-bond donors (Lipinski definition) is 2. The van der Waals surface area contributed by atoms with E-state index in [1.165, 1.54) is 0 Å². The van der Waals surface area contributed by atoms with Crippen LogP contribution in [0.25, 0.3) is 0 Å². The molecule has 0 heterocycles. The van der Waals surface area contributed by atoms with Crippen molar-refractivity contribution in [1.82, 2.24) is 5.32 Å². The molecule has 1 fully saturated rings. The van der Waals surface area contributed by atoms with Gasteiger partial charge in [0.2, 0.25) is 11.8 Å². The zero-order valence-corrected chi connectivity index (χ0v) is 13.5. The summed E-state index contributed by atoms with van der Waals surface area (Å²) in [5.74, 6) is -0.542. The van der Waals surface area contributed by atoms with Gasteiger partial charge in [-0.05, 0) is 38.3 Å². The zero-order valence-electron chi connectivity index (χ0n) is 12.0. The molecule has 1 saturated carbocycles. The summed E-state index contributed by atoms with van der Waals surface area (Å²) >= 11 is 12.0. The predicted molar refractivity (Wildman–Crippen MR) is 84.7 cm³/mol. The SMILES string of the molecule is CCC(C)NC(=O)C1(C(=O)Nc2cccc(Cl)c2Cl)CC1. The Balaban J connectivity index is 2.09. The minimum Gasteiger partial charge on any atom is -0.353 e. The molecule has 2 amide bonds. The van der Waals surface area contributed by atoms with Crippen LogP contribution in [0.3, 0.4) is 0 Å². The van der Waals surface area contributed by atoms with Crippen LogP contribution < -0.4 is 10.6 Å². The van der Waals surface area contributed by atoms with Crippen molar-refractivity contribution in [3.63, 3.8) is 0 Å². The van der Waals surface area contributed by atoms with Crippen molar-refractivity contribution in [1.29, 1.82) is 0 Å².